The Labute approximate surface area is 392 Å². The summed E-state index contributed by atoms with van der Waals surface area (Å²) in [5.41, 5.74) is -0.594. The smallest absolute Gasteiger partial charge is 0.776 e. The Morgan fingerprint density at radius 3 is 1.10 bits per heavy atom. The molecular formula is C51H104NaO6P. The standard InChI is InChI=1S/C51H105O6P.Na/c1-10-12-14-16-18-20-22-24-26-28-30-32-34-36-38-40-43-49(4,5)55-46-42-48(3)57-58(52,53)51(8,9)56-47-44-50(6,7)54-45-41-39-37-35-33-31-29-27-25-23-21-19-17-15-13-11-2;/h48H,10-47H2,1-9H3,(H,52,53);/q;+1/p-1. The Morgan fingerprint density at radius 1 is 0.424 bits per heavy atom. The van der Waals surface area contributed by atoms with E-state index in [2.05, 4.69) is 41.5 Å². The average Bonchev–Trinajstić information content (AvgIpc) is 3.15. The molecule has 0 rings (SSSR count). The molecule has 2 unspecified atom stereocenters. The second kappa shape index (κ2) is 40.5. The van der Waals surface area contributed by atoms with Crippen LogP contribution in [0.3, 0.4) is 0 Å². The van der Waals surface area contributed by atoms with Gasteiger partial charge in [-0.2, -0.15) is 0 Å². The topological polar surface area (TPSA) is 77.1 Å². The van der Waals surface area contributed by atoms with Gasteiger partial charge in [0.1, 0.15) is 5.34 Å². The van der Waals surface area contributed by atoms with Crippen molar-refractivity contribution >= 4 is 7.60 Å². The molecule has 0 aliphatic heterocycles. The Hall–Kier alpha value is 1.03. The summed E-state index contributed by atoms with van der Waals surface area (Å²) in [7, 11) is -4.29. The SMILES string of the molecule is CCCCCCCCCCCCCCCCCCOC(C)(C)CCOC(C)(C)P(=O)([O-])OC(C)CCOC(C)(C)CCCCCCCCCCCCCCCCCC.[Na+]. The van der Waals surface area contributed by atoms with Gasteiger partial charge in [-0.15, -0.1) is 0 Å². The zero-order valence-electron chi connectivity index (χ0n) is 41.8. The van der Waals surface area contributed by atoms with E-state index in [9.17, 15) is 9.46 Å². The molecule has 0 N–H and O–H groups in total. The molecule has 59 heavy (non-hydrogen) atoms. The fourth-order valence-electron chi connectivity index (χ4n) is 7.79. The van der Waals surface area contributed by atoms with Gasteiger partial charge in [-0.05, 0) is 74.1 Å². The van der Waals surface area contributed by atoms with Gasteiger partial charge in [-0.3, -0.25) is 0 Å². The molecule has 0 aromatic carbocycles. The Bertz CT molecular complexity index is 928. The van der Waals surface area contributed by atoms with Crippen LogP contribution >= 0.6 is 7.60 Å². The summed E-state index contributed by atoms with van der Waals surface area (Å²) in [4.78, 5) is 13.2. The first kappa shape index (κ1) is 62.1. The first-order valence-corrected chi connectivity index (χ1v) is 27.1. The molecule has 8 heteroatoms. The molecule has 0 aliphatic carbocycles. The second-order valence-corrected chi connectivity index (χ2v) is 22.1. The van der Waals surface area contributed by atoms with E-state index in [0.29, 0.717) is 26.1 Å². The zero-order chi connectivity index (χ0) is 43.3. The van der Waals surface area contributed by atoms with Crippen molar-refractivity contribution in [1.82, 2.24) is 0 Å². The maximum atomic E-state index is 13.2. The monoisotopic (exact) mass is 867 g/mol. The Balaban J connectivity index is 0. The number of rotatable bonds is 46. The molecule has 0 aromatic heterocycles. The number of hydrogen-bond acceptors (Lipinski definition) is 6. The van der Waals surface area contributed by atoms with Crippen LogP contribution in [0.5, 0.6) is 0 Å². The minimum Gasteiger partial charge on any atom is -0.776 e. The van der Waals surface area contributed by atoms with Crippen molar-refractivity contribution < 1.29 is 57.8 Å². The predicted octanol–water partition coefficient (Wildman–Crippen LogP) is 14.0. The fraction of sp³-hybridized carbons (Fsp3) is 1.00. The van der Waals surface area contributed by atoms with Gasteiger partial charge in [0.05, 0.1) is 23.9 Å². The zero-order valence-corrected chi connectivity index (χ0v) is 44.7. The van der Waals surface area contributed by atoms with Gasteiger partial charge in [0.25, 0.3) is 0 Å². The predicted molar refractivity (Wildman–Crippen MR) is 251 cm³/mol. The fourth-order valence-corrected chi connectivity index (χ4v) is 8.87. The minimum atomic E-state index is -4.29. The van der Waals surface area contributed by atoms with Crippen LogP contribution in [0, 0.1) is 0 Å². The van der Waals surface area contributed by atoms with Gasteiger partial charge in [-0.25, -0.2) is 0 Å². The van der Waals surface area contributed by atoms with Crippen LogP contribution in [0.1, 0.15) is 287 Å². The summed E-state index contributed by atoms with van der Waals surface area (Å²) in [6, 6.07) is 0. The van der Waals surface area contributed by atoms with E-state index in [1.165, 1.54) is 199 Å². The minimum absolute atomic E-state index is 0. The molecule has 0 fully saturated rings. The molecule has 2 atom stereocenters. The van der Waals surface area contributed by atoms with E-state index in [1.54, 1.807) is 13.8 Å². The summed E-state index contributed by atoms with van der Waals surface area (Å²) in [6.07, 6.45) is 45.3. The molecule has 350 valence electrons. The molecule has 0 spiro atoms. The molecule has 0 aromatic rings. The summed E-state index contributed by atoms with van der Waals surface area (Å²) in [5.74, 6) is 0. The molecule has 0 aliphatic rings. The van der Waals surface area contributed by atoms with E-state index in [-0.39, 0.29) is 40.8 Å². The summed E-state index contributed by atoms with van der Waals surface area (Å²) >= 11 is 0. The van der Waals surface area contributed by atoms with Gasteiger partial charge in [0, 0.05) is 13.2 Å². The van der Waals surface area contributed by atoms with Crippen molar-refractivity contribution in [3.05, 3.63) is 0 Å². The second-order valence-electron chi connectivity index (χ2n) is 19.8. The van der Waals surface area contributed by atoms with Crippen LogP contribution in [0.2, 0.25) is 0 Å². The molecule has 0 saturated carbocycles. The van der Waals surface area contributed by atoms with Gasteiger partial charge < -0.3 is 28.2 Å². The first-order chi connectivity index (χ1) is 27.7. The Kier molecular flexibility index (Phi) is 42.7. The third-order valence-corrected chi connectivity index (χ3v) is 14.4. The van der Waals surface area contributed by atoms with Crippen molar-refractivity contribution in [2.24, 2.45) is 0 Å². The third-order valence-electron chi connectivity index (χ3n) is 12.3. The van der Waals surface area contributed by atoms with Crippen molar-refractivity contribution in [3.63, 3.8) is 0 Å². The normalized spacial score (nSPS) is 14.1. The summed E-state index contributed by atoms with van der Waals surface area (Å²) < 4.78 is 37.2. The van der Waals surface area contributed by atoms with Crippen LogP contribution in [0.25, 0.3) is 0 Å². The summed E-state index contributed by atoms with van der Waals surface area (Å²) in [6.45, 7) is 19.5. The van der Waals surface area contributed by atoms with Crippen LogP contribution < -0.4 is 34.5 Å². The van der Waals surface area contributed by atoms with Gasteiger partial charge in [0.2, 0.25) is 0 Å². The van der Waals surface area contributed by atoms with Crippen LogP contribution in [-0.2, 0) is 23.3 Å². The molecule has 0 radical (unpaired) electrons. The van der Waals surface area contributed by atoms with E-state index < -0.39 is 19.0 Å². The average molecular weight is 867 g/mol. The van der Waals surface area contributed by atoms with Crippen molar-refractivity contribution in [1.29, 1.82) is 0 Å². The van der Waals surface area contributed by atoms with Crippen LogP contribution in [0.4, 0.5) is 0 Å². The van der Waals surface area contributed by atoms with E-state index in [4.69, 9.17) is 18.7 Å². The molecule has 0 amide bonds. The molecule has 0 bridgehead atoms. The summed E-state index contributed by atoms with van der Waals surface area (Å²) in [5, 5.41) is -1.42. The number of hydrogen-bond donors (Lipinski definition) is 0. The molecule has 0 saturated heterocycles. The number of ether oxygens (including phenoxy) is 3. The van der Waals surface area contributed by atoms with Crippen molar-refractivity contribution in [2.45, 2.75) is 310 Å². The third kappa shape index (κ3) is 40.3. The van der Waals surface area contributed by atoms with Gasteiger partial charge in [-0.1, -0.05) is 213 Å². The first-order valence-electron chi connectivity index (χ1n) is 25.6. The molecule has 6 nitrogen and oxygen atoms in total. The van der Waals surface area contributed by atoms with Crippen LogP contribution in [0.15, 0.2) is 0 Å². The maximum absolute atomic E-state index is 13.2. The largest absolute Gasteiger partial charge is 1.00 e. The molecular weight excluding hydrogens is 763 g/mol. The maximum Gasteiger partial charge on any atom is 1.00 e. The van der Waals surface area contributed by atoms with E-state index in [1.807, 2.05) is 6.92 Å². The van der Waals surface area contributed by atoms with E-state index in [0.717, 1.165) is 19.4 Å². The Morgan fingerprint density at radius 2 is 0.729 bits per heavy atom. The number of unbranched alkanes of at least 4 members (excludes halogenated alkanes) is 30. The van der Waals surface area contributed by atoms with Gasteiger partial charge >= 0.3 is 29.6 Å². The van der Waals surface area contributed by atoms with Crippen LogP contribution in [-0.4, -0.2) is 42.5 Å². The van der Waals surface area contributed by atoms with Gasteiger partial charge in [0.15, 0.2) is 7.60 Å². The quantitative estimate of drug-likeness (QED) is 0.0345. The van der Waals surface area contributed by atoms with E-state index >= 15 is 0 Å². The molecule has 0 heterocycles. The van der Waals surface area contributed by atoms with Crippen molar-refractivity contribution in [2.75, 3.05) is 19.8 Å². The van der Waals surface area contributed by atoms with Crippen molar-refractivity contribution in [3.8, 4) is 0 Å².